The molecule has 0 radical (unpaired) electrons. The third-order valence-corrected chi connectivity index (χ3v) is 2.11. The van der Waals surface area contributed by atoms with E-state index in [1.165, 1.54) is 7.11 Å². The number of halogens is 4. The highest BCUT2D eigenvalue weighted by Crippen LogP contribution is 2.31. The van der Waals surface area contributed by atoms with E-state index in [1.807, 2.05) is 0 Å². The number of anilines is 1. The van der Waals surface area contributed by atoms with Crippen LogP contribution in [0, 0.1) is 5.82 Å². The van der Waals surface area contributed by atoms with Gasteiger partial charge in [0.15, 0.2) is 0 Å². The van der Waals surface area contributed by atoms with Crippen molar-refractivity contribution in [3.05, 3.63) is 29.6 Å². The summed E-state index contributed by atoms with van der Waals surface area (Å²) in [5.41, 5.74) is -1.06. The zero-order valence-corrected chi connectivity index (χ0v) is 9.44. The topological polar surface area (TPSA) is 21.3 Å². The number of benzene rings is 1. The van der Waals surface area contributed by atoms with Gasteiger partial charge in [-0.2, -0.15) is 13.2 Å². The van der Waals surface area contributed by atoms with E-state index in [0.29, 0.717) is 6.07 Å². The fourth-order valence-corrected chi connectivity index (χ4v) is 1.37. The molecule has 0 saturated heterocycles. The van der Waals surface area contributed by atoms with E-state index in [2.05, 4.69) is 5.32 Å². The van der Waals surface area contributed by atoms with Crippen LogP contribution in [0.2, 0.25) is 0 Å². The van der Waals surface area contributed by atoms with Gasteiger partial charge in [0.1, 0.15) is 5.82 Å². The van der Waals surface area contributed by atoms with Crippen molar-refractivity contribution in [2.75, 3.05) is 19.0 Å². The minimum Gasteiger partial charge on any atom is -0.383 e. The monoisotopic (exact) mass is 251 g/mol. The molecule has 2 nitrogen and oxygen atoms in total. The summed E-state index contributed by atoms with van der Waals surface area (Å²) < 4.78 is 55.3. The maximum absolute atomic E-state index is 13.3. The number of methoxy groups -OCH3 is 1. The van der Waals surface area contributed by atoms with E-state index in [0.717, 1.165) is 12.1 Å². The zero-order chi connectivity index (χ0) is 13.1. The highest BCUT2D eigenvalue weighted by atomic mass is 19.4. The van der Waals surface area contributed by atoms with Crippen LogP contribution in [0.15, 0.2) is 18.2 Å². The van der Waals surface area contributed by atoms with Gasteiger partial charge in [0.25, 0.3) is 0 Å². The van der Waals surface area contributed by atoms with Gasteiger partial charge in [-0.25, -0.2) is 4.39 Å². The first-order valence-corrected chi connectivity index (χ1v) is 4.97. The lowest BCUT2D eigenvalue weighted by molar-refractivity contribution is -0.137. The summed E-state index contributed by atoms with van der Waals surface area (Å²) in [4.78, 5) is 0. The van der Waals surface area contributed by atoms with Crippen LogP contribution in [0.5, 0.6) is 0 Å². The van der Waals surface area contributed by atoms with Gasteiger partial charge in [0.05, 0.1) is 17.9 Å². The first-order chi connectivity index (χ1) is 7.84. The van der Waals surface area contributed by atoms with Crippen molar-refractivity contribution < 1.29 is 22.3 Å². The molecular weight excluding hydrogens is 238 g/mol. The Balaban J connectivity index is 2.91. The Bertz CT molecular complexity index is 378. The van der Waals surface area contributed by atoms with Crippen LogP contribution in [0.4, 0.5) is 23.2 Å². The molecule has 1 aromatic carbocycles. The van der Waals surface area contributed by atoms with Gasteiger partial charge in [-0.15, -0.1) is 0 Å². The molecule has 0 saturated carbocycles. The number of hydrogen-bond acceptors (Lipinski definition) is 2. The van der Waals surface area contributed by atoms with Crippen molar-refractivity contribution in [1.29, 1.82) is 0 Å². The van der Waals surface area contributed by atoms with Crippen LogP contribution in [0.1, 0.15) is 12.5 Å². The quantitative estimate of drug-likeness (QED) is 0.829. The maximum Gasteiger partial charge on any atom is 0.416 e. The Hall–Kier alpha value is -1.30. The molecule has 1 aromatic rings. The average molecular weight is 251 g/mol. The molecule has 96 valence electrons. The lowest BCUT2D eigenvalue weighted by Crippen LogP contribution is -2.21. The zero-order valence-electron chi connectivity index (χ0n) is 9.44. The Morgan fingerprint density at radius 2 is 2.00 bits per heavy atom. The predicted molar refractivity (Wildman–Crippen MR) is 56.4 cm³/mol. The fraction of sp³-hybridized carbons (Fsp3) is 0.455. The molecule has 1 unspecified atom stereocenters. The van der Waals surface area contributed by atoms with E-state index < -0.39 is 17.6 Å². The second-order valence-corrected chi connectivity index (χ2v) is 3.69. The summed E-state index contributed by atoms with van der Waals surface area (Å²) in [5, 5.41) is 2.62. The van der Waals surface area contributed by atoms with Crippen LogP contribution < -0.4 is 5.32 Å². The van der Waals surface area contributed by atoms with Crippen molar-refractivity contribution in [3.63, 3.8) is 0 Å². The molecule has 0 amide bonds. The largest absolute Gasteiger partial charge is 0.416 e. The summed E-state index contributed by atoms with van der Waals surface area (Å²) in [6, 6.07) is 1.98. The Morgan fingerprint density at radius 1 is 1.35 bits per heavy atom. The van der Waals surface area contributed by atoms with Gasteiger partial charge in [0, 0.05) is 13.2 Å². The van der Waals surface area contributed by atoms with Crippen LogP contribution in [-0.2, 0) is 10.9 Å². The molecule has 0 aromatic heterocycles. The van der Waals surface area contributed by atoms with Crippen molar-refractivity contribution in [2.45, 2.75) is 19.1 Å². The lowest BCUT2D eigenvalue weighted by Gasteiger charge is -2.16. The van der Waals surface area contributed by atoms with Crippen LogP contribution in [-0.4, -0.2) is 19.8 Å². The minimum absolute atomic E-state index is 0.177. The molecule has 1 rings (SSSR count). The first kappa shape index (κ1) is 13.8. The van der Waals surface area contributed by atoms with Crippen LogP contribution in [0.3, 0.4) is 0 Å². The summed E-state index contributed by atoms with van der Waals surface area (Å²) in [6.45, 7) is 1.96. The molecule has 6 heteroatoms. The summed E-state index contributed by atoms with van der Waals surface area (Å²) in [6.07, 6.45) is -4.48. The maximum atomic E-state index is 13.3. The summed E-state index contributed by atoms with van der Waals surface area (Å²) in [7, 11) is 1.46. The molecule has 0 aliphatic carbocycles. The van der Waals surface area contributed by atoms with E-state index in [9.17, 15) is 17.6 Å². The van der Waals surface area contributed by atoms with Gasteiger partial charge < -0.3 is 10.1 Å². The van der Waals surface area contributed by atoms with Crippen LogP contribution in [0.25, 0.3) is 0 Å². The van der Waals surface area contributed by atoms with E-state index in [4.69, 9.17) is 4.74 Å². The Morgan fingerprint density at radius 3 is 2.53 bits per heavy atom. The molecule has 0 aliphatic heterocycles. The number of rotatable bonds is 4. The van der Waals surface area contributed by atoms with Gasteiger partial charge in [-0.05, 0) is 25.1 Å². The van der Waals surface area contributed by atoms with E-state index >= 15 is 0 Å². The Kier molecular flexibility index (Phi) is 4.34. The molecule has 1 atom stereocenters. The SMILES string of the molecule is COCC(C)Nc1cc(C(F)(F)F)ccc1F. The molecule has 0 aliphatic rings. The smallest absolute Gasteiger partial charge is 0.383 e. The molecular formula is C11H13F4NO. The number of alkyl halides is 3. The van der Waals surface area contributed by atoms with E-state index in [1.54, 1.807) is 6.92 Å². The van der Waals surface area contributed by atoms with E-state index in [-0.39, 0.29) is 18.3 Å². The predicted octanol–water partition coefficient (Wildman–Crippen LogP) is 3.29. The lowest BCUT2D eigenvalue weighted by atomic mass is 10.1. The fourth-order valence-electron chi connectivity index (χ4n) is 1.37. The van der Waals surface area contributed by atoms with Gasteiger partial charge in [0.2, 0.25) is 0 Å². The molecule has 0 spiro atoms. The average Bonchev–Trinajstić information content (AvgIpc) is 2.20. The van der Waals surface area contributed by atoms with Gasteiger partial charge >= 0.3 is 6.18 Å². The van der Waals surface area contributed by atoms with Crippen molar-refractivity contribution >= 4 is 5.69 Å². The highest BCUT2D eigenvalue weighted by Gasteiger charge is 2.31. The molecule has 17 heavy (non-hydrogen) atoms. The van der Waals surface area contributed by atoms with Crippen molar-refractivity contribution in [2.24, 2.45) is 0 Å². The number of hydrogen-bond donors (Lipinski definition) is 1. The van der Waals surface area contributed by atoms with Crippen molar-refractivity contribution in [3.8, 4) is 0 Å². The molecule has 0 heterocycles. The third kappa shape index (κ3) is 3.89. The summed E-state index contributed by atoms with van der Waals surface area (Å²) in [5.74, 6) is -0.721. The normalized spacial score (nSPS) is 13.5. The second kappa shape index (κ2) is 5.35. The first-order valence-electron chi connectivity index (χ1n) is 4.97. The standard InChI is InChI=1S/C11H13F4NO/c1-7(6-17-2)16-10-5-8(11(13,14)15)3-4-9(10)12/h3-5,7,16H,6H2,1-2H3. The van der Waals surface area contributed by atoms with Crippen molar-refractivity contribution in [1.82, 2.24) is 0 Å². The molecule has 0 fully saturated rings. The number of ether oxygens (including phenoxy) is 1. The van der Waals surface area contributed by atoms with Crippen LogP contribution >= 0.6 is 0 Å². The summed E-state index contributed by atoms with van der Waals surface area (Å²) >= 11 is 0. The third-order valence-electron chi connectivity index (χ3n) is 2.11. The Labute approximate surface area is 96.6 Å². The van der Waals surface area contributed by atoms with Gasteiger partial charge in [-0.1, -0.05) is 0 Å². The molecule has 1 N–H and O–H groups in total. The van der Waals surface area contributed by atoms with Gasteiger partial charge in [-0.3, -0.25) is 0 Å². The second-order valence-electron chi connectivity index (χ2n) is 3.69. The highest BCUT2D eigenvalue weighted by molar-refractivity contribution is 5.48. The minimum atomic E-state index is -4.48. The molecule has 0 bridgehead atoms. The number of nitrogens with one attached hydrogen (secondary N) is 1.